The Kier molecular flexibility index (Phi) is 6.00. The number of anilines is 1. The van der Waals surface area contributed by atoms with Crippen molar-refractivity contribution in [2.24, 2.45) is 0 Å². The molecule has 0 saturated heterocycles. The summed E-state index contributed by atoms with van der Waals surface area (Å²) in [6, 6.07) is 16.9. The van der Waals surface area contributed by atoms with E-state index >= 15 is 0 Å². The van der Waals surface area contributed by atoms with Crippen LogP contribution in [-0.2, 0) is 0 Å². The predicted octanol–water partition coefficient (Wildman–Crippen LogP) is 2.73. The van der Waals surface area contributed by atoms with Gasteiger partial charge in [0.05, 0.1) is 24.9 Å². The van der Waals surface area contributed by atoms with Gasteiger partial charge in [-0.05, 0) is 38.4 Å². The van der Waals surface area contributed by atoms with Crippen LogP contribution in [0.15, 0.2) is 54.6 Å². The highest BCUT2D eigenvalue weighted by Gasteiger charge is 2.19. The largest absolute Gasteiger partial charge is 0.496 e. The van der Waals surface area contributed by atoms with Crippen LogP contribution in [0, 0.1) is 0 Å². The molecule has 2 aromatic rings. The SMILES string of the molecule is COc1ccccc1C(=O)N(CCN(C)C)Nc1ccccc1. The normalized spacial score (nSPS) is 10.4. The fourth-order valence-corrected chi connectivity index (χ4v) is 2.14. The number of methoxy groups -OCH3 is 1. The molecule has 0 radical (unpaired) electrons. The van der Waals surface area contributed by atoms with E-state index in [0.29, 0.717) is 17.9 Å². The van der Waals surface area contributed by atoms with E-state index in [4.69, 9.17) is 4.74 Å². The summed E-state index contributed by atoms with van der Waals surface area (Å²) < 4.78 is 5.31. The second-order valence-electron chi connectivity index (χ2n) is 5.44. The fraction of sp³-hybridized carbons (Fsp3) is 0.278. The molecule has 0 aromatic heterocycles. The number of carbonyl (C=O) groups is 1. The average Bonchev–Trinajstić information content (AvgIpc) is 2.58. The maximum atomic E-state index is 12.9. The Morgan fingerprint density at radius 2 is 1.65 bits per heavy atom. The summed E-state index contributed by atoms with van der Waals surface area (Å²) in [5.41, 5.74) is 4.59. The van der Waals surface area contributed by atoms with Gasteiger partial charge in [-0.1, -0.05) is 30.3 Å². The third-order valence-electron chi connectivity index (χ3n) is 3.39. The van der Waals surface area contributed by atoms with Crippen LogP contribution in [0.2, 0.25) is 0 Å². The van der Waals surface area contributed by atoms with E-state index in [9.17, 15) is 4.79 Å². The molecule has 0 aliphatic heterocycles. The van der Waals surface area contributed by atoms with Gasteiger partial charge in [0.15, 0.2) is 0 Å². The number of hydrazine groups is 1. The number of benzene rings is 2. The molecule has 2 rings (SSSR count). The first-order valence-electron chi connectivity index (χ1n) is 7.53. The smallest absolute Gasteiger partial charge is 0.276 e. The average molecular weight is 313 g/mol. The van der Waals surface area contributed by atoms with Crippen LogP contribution >= 0.6 is 0 Å². The van der Waals surface area contributed by atoms with Gasteiger partial charge in [-0.3, -0.25) is 15.2 Å². The van der Waals surface area contributed by atoms with E-state index in [0.717, 1.165) is 12.2 Å². The second-order valence-corrected chi connectivity index (χ2v) is 5.44. The maximum Gasteiger partial charge on any atom is 0.276 e. The van der Waals surface area contributed by atoms with Crippen molar-refractivity contribution in [3.05, 3.63) is 60.2 Å². The lowest BCUT2D eigenvalue weighted by Crippen LogP contribution is -2.40. The number of hydrogen-bond acceptors (Lipinski definition) is 4. The van der Waals surface area contributed by atoms with Crippen molar-refractivity contribution in [2.45, 2.75) is 0 Å². The Bertz CT molecular complexity index is 629. The molecule has 0 saturated carbocycles. The molecule has 1 N–H and O–H groups in total. The Balaban J connectivity index is 2.23. The minimum Gasteiger partial charge on any atom is -0.496 e. The Hall–Kier alpha value is -2.53. The summed E-state index contributed by atoms with van der Waals surface area (Å²) in [5, 5.41) is 1.62. The highest BCUT2D eigenvalue weighted by molar-refractivity contribution is 5.97. The lowest BCUT2D eigenvalue weighted by atomic mass is 10.2. The molecule has 23 heavy (non-hydrogen) atoms. The van der Waals surface area contributed by atoms with E-state index in [1.807, 2.05) is 61.5 Å². The predicted molar refractivity (Wildman–Crippen MR) is 92.6 cm³/mol. The van der Waals surface area contributed by atoms with Crippen LogP contribution in [0.25, 0.3) is 0 Å². The summed E-state index contributed by atoms with van der Waals surface area (Å²) in [4.78, 5) is 14.9. The van der Waals surface area contributed by atoms with Gasteiger partial charge < -0.3 is 9.64 Å². The number of likely N-dealkylation sites (N-methyl/N-ethyl adjacent to an activating group) is 1. The topological polar surface area (TPSA) is 44.8 Å². The molecule has 2 aromatic carbocycles. The van der Waals surface area contributed by atoms with E-state index in [1.54, 1.807) is 24.3 Å². The number of nitrogens with one attached hydrogen (secondary N) is 1. The van der Waals surface area contributed by atoms with Gasteiger partial charge in [0, 0.05) is 6.54 Å². The molecule has 5 heteroatoms. The third-order valence-corrected chi connectivity index (χ3v) is 3.39. The second kappa shape index (κ2) is 8.19. The molecular weight excluding hydrogens is 290 g/mol. The van der Waals surface area contributed by atoms with E-state index in [1.165, 1.54) is 0 Å². The first kappa shape index (κ1) is 16.8. The van der Waals surface area contributed by atoms with Crippen LogP contribution in [0.5, 0.6) is 5.75 Å². The van der Waals surface area contributed by atoms with E-state index in [-0.39, 0.29) is 5.91 Å². The minimum absolute atomic E-state index is 0.117. The number of ether oxygens (including phenoxy) is 1. The number of para-hydroxylation sites is 2. The molecule has 0 atom stereocenters. The van der Waals surface area contributed by atoms with Crippen molar-refractivity contribution in [1.82, 2.24) is 9.91 Å². The van der Waals surface area contributed by atoms with Crippen molar-refractivity contribution >= 4 is 11.6 Å². The first-order valence-corrected chi connectivity index (χ1v) is 7.53. The number of nitrogens with zero attached hydrogens (tertiary/aromatic N) is 2. The molecule has 0 unspecified atom stereocenters. The molecule has 122 valence electrons. The number of hydrogen-bond donors (Lipinski definition) is 1. The molecule has 0 aliphatic rings. The summed E-state index contributed by atoms with van der Waals surface area (Å²) in [6.45, 7) is 1.31. The Morgan fingerprint density at radius 1 is 1.00 bits per heavy atom. The van der Waals surface area contributed by atoms with Gasteiger partial charge in [0.1, 0.15) is 5.75 Å². The molecule has 0 heterocycles. The molecular formula is C18H23N3O2. The summed E-state index contributed by atoms with van der Waals surface area (Å²) >= 11 is 0. The van der Waals surface area contributed by atoms with Crippen molar-refractivity contribution in [2.75, 3.05) is 39.7 Å². The molecule has 0 spiro atoms. The van der Waals surface area contributed by atoms with Gasteiger partial charge in [0.2, 0.25) is 0 Å². The number of carbonyl (C=O) groups excluding carboxylic acids is 1. The fourth-order valence-electron chi connectivity index (χ4n) is 2.14. The van der Waals surface area contributed by atoms with Crippen molar-refractivity contribution < 1.29 is 9.53 Å². The third kappa shape index (κ3) is 4.72. The lowest BCUT2D eigenvalue weighted by Gasteiger charge is -2.26. The van der Waals surface area contributed by atoms with Crippen LogP contribution < -0.4 is 10.2 Å². The summed E-state index contributed by atoms with van der Waals surface area (Å²) in [6.07, 6.45) is 0. The summed E-state index contributed by atoms with van der Waals surface area (Å²) in [5.74, 6) is 0.454. The minimum atomic E-state index is -0.117. The molecule has 0 aliphatic carbocycles. The first-order chi connectivity index (χ1) is 11.1. The molecule has 5 nitrogen and oxygen atoms in total. The molecule has 0 bridgehead atoms. The van der Waals surface area contributed by atoms with Gasteiger partial charge >= 0.3 is 0 Å². The zero-order valence-electron chi connectivity index (χ0n) is 13.8. The highest BCUT2D eigenvalue weighted by atomic mass is 16.5. The van der Waals surface area contributed by atoms with Crippen molar-refractivity contribution in [3.8, 4) is 5.75 Å². The molecule has 0 fully saturated rings. The summed E-state index contributed by atoms with van der Waals surface area (Å²) in [7, 11) is 5.53. The van der Waals surface area contributed by atoms with E-state index < -0.39 is 0 Å². The van der Waals surface area contributed by atoms with Gasteiger partial charge in [-0.2, -0.15) is 0 Å². The zero-order chi connectivity index (χ0) is 16.7. The van der Waals surface area contributed by atoms with Crippen molar-refractivity contribution in [1.29, 1.82) is 0 Å². The number of rotatable bonds is 7. The number of amides is 1. The Labute approximate surface area is 137 Å². The van der Waals surface area contributed by atoms with Crippen LogP contribution in [0.3, 0.4) is 0 Å². The van der Waals surface area contributed by atoms with Crippen LogP contribution in [0.1, 0.15) is 10.4 Å². The molecule has 1 amide bonds. The highest BCUT2D eigenvalue weighted by Crippen LogP contribution is 2.20. The monoisotopic (exact) mass is 313 g/mol. The lowest BCUT2D eigenvalue weighted by molar-refractivity contribution is 0.0781. The van der Waals surface area contributed by atoms with Gasteiger partial charge in [-0.25, -0.2) is 0 Å². The van der Waals surface area contributed by atoms with Gasteiger partial charge in [0.25, 0.3) is 5.91 Å². The Morgan fingerprint density at radius 3 is 2.30 bits per heavy atom. The van der Waals surface area contributed by atoms with Crippen LogP contribution in [0.4, 0.5) is 5.69 Å². The van der Waals surface area contributed by atoms with Crippen LogP contribution in [-0.4, -0.2) is 50.1 Å². The van der Waals surface area contributed by atoms with Crippen molar-refractivity contribution in [3.63, 3.8) is 0 Å². The standard InChI is InChI=1S/C18H23N3O2/c1-20(2)13-14-21(19-15-9-5-4-6-10-15)18(22)16-11-7-8-12-17(16)23-3/h4-12,19H,13-14H2,1-3H3. The zero-order valence-corrected chi connectivity index (χ0v) is 13.8. The maximum absolute atomic E-state index is 12.9. The van der Waals surface area contributed by atoms with E-state index in [2.05, 4.69) is 5.43 Å². The van der Waals surface area contributed by atoms with Gasteiger partial charge in [-0.15, -0.1) is 0 Å². The quantitative estimate of drug-likeness (QED) is 0.798.